The summed E-state index contributed by atoms with van der Waals surface area (Å²) in [4.78, 5) is 0. The van der Waals surface area contributed by atoms with E-state index in [9.17, 15) is 0 Å². The zero-order valence-corrected chi connectivity index (χ0v) is 11.8. The lowest BCUT2D eigenvalue weighted by molar-refractivity contribution is 0.370. The average molecular weight is 214 g/mol. The molecule has 0 aliphatic carbocycles. The zero-order valence-electron chi connectivity index (χ0n) is 10.8. The van der Waals surface area contributed by atoms with Gasteiger partial charge >= 0.3 is 0 Å². The van der Waals surface area contributed by atoms with Crippen LogP contribution in [0.25, 0.3) is 0 Å². The summed E-state index contributed by atoms with van der Waals surface area (Å²) in [6, 6.07) is 0. The topological polar surface area (TPSA) is 9.23 Å². The molecule has 0 radical (unpaired) electrons. The molecule has 2 heteroatoms. The van der Waals surface area contributed by atoms with Crippen LogP contribution < -0.4 is 0 Å². The third-order valence-corrected chi connectivity index (χ3v) is 2.44. The molecular formula is C12H26OSi. The molecule has 0 atom stereocenters. The van der Waals surface area contributed by atoms with Crippen LogP contribution in [0.3, 0.4) is 0 Å². The highest BCUT2D eigenvalue weighted by molar-refractivity contribution is 6.70. The molecule has 0 aromatic rings. The molecule has 0 aliphatic heterocycles. The lowest BCUT2D eigenvalue weighted by Crippen LogP contribution is -2.25. The number of rotatable bonds is 5. The highest BCUT2D eigenvalue weighted by atomic mass is 28.4. The van der Waals surface area contributed by atoms with Crippen LogP contribution >= 0.6 is 0 Å². The van der Waals surface area contributed by atoms with Crippen molar-refractivity contribution in [3.63, 3.8) is 0 Å². The maximum absolute atomic E-state index is 6.06. The fourth-order valence-electron chi connectivity index (χ4n) is 1.31. The highest BCUT2D eigenvalue weighted by Crippen LogP contribution is 2.19. The fraction of sp³-hybridized carbons (Fsp3) is 0.833. The SMILES string of the molecule is CC(C)C=C(CC(C)C)O[Si](C)(C)C. The number of hydrogen-bond acceptors (Lipinski definition) is 1. The molecule has 0 heterocycles. The highest BCUT2D eigenvalue weighted by Gasteiger charge is 2.18. The summed E-state index contributed by atoms with van der Waals surface area (Å²) in [5, 5.41) is 0. The second kappa shape index (κ2) is 5.59. The molecular weight excluding hydrogens is 188 g/mol. The van der Waals surface area contributed by atoms with Gasteiger partial charge in [-0.1, -0.05) is 27.7 Å². The fourth-order valence-corrected chi connectivity index (χ4v) is 2.25. The van der Waals surface area contributed by atoms with Gasteiger partial charge in [-0.3, -0.25) is 0 Å². The Morgan fingerprint density at radius 1 is 1.14 bits per heavy atom. The van der Waals surface area contributed by atoms with Crippen molar-refractivity contribution >= 4 is 8.32 Å². The molecule has 0 bridgehead atoms. The van der Waals surface area contributed by atoms with E-state index in [1.54, 1.807) is 0 Å². The lowest BCUT2D eigenvalue weighted by atomic mass is 10.1. The van der Waals surface area contributed by atoms with E-state index in [0.717, 1.165) is 6.42 Å². The van der Waals surface area contributed by atoms with Gasteiger partial charge < -0.3 is 4.43 Å². The van der Waals surface area contributed by atoms with Crippen LogP contribution in [0.1, 0.15) is 34.1 Å². The third kappa shape index (κ3) is 8.36. The Morgan fingerprint density at radius 2 is 1.64 bits per heavy atom. The van der Waals surface area contributed by atoms with Crippen molar-refractivity contribution in [2.75, 3.05) is 0 Å². The molecule has 84 valence electrons. The molecule has 0 spiro atoms. The molecule has 0 aliphatic rings. The van der Waals surface area contributed by atoms with E-state index in [1.165, 1.54) is 5.76 Å². The van der Waals surface area contributed by atoms with Crippen LogP contribution in [-0.2, 0) is 4.43 Å². The van der Waals surface area contributed by atoms with E-state index in [2.05, 4.69) is 53.4 Å². The number of hydrogen-bond donors (Lipinski definition) is 0. The first-order valence-electron chi connectivity index (χ1n) is 5.60. The molecule has 0 fully saturated rings. The predicted molar refractivity (Wildman–Crippen MR) is 66.8 cm³/mol. The Hall–Kier alpha value is -0.243. The molecule has 0 aromatic carbocycles. The Kier molecular flexibility index (Phi) is 5.50. The first kappa shape index (κ1) is 13.8. The molecule has 0 rings (SSSR count). The Bertz CT molecular complexity index is 187. The monoisotopic (exact) mass is 214 g/mol. The molecule has 0 saturated heterocycles. The smallest absolute Gasteiger partial charge is 0.241 e. The predicted octanol–water partition coefficient (Wildman–Crippen LogP) is 4.42. The van der Waals surface area contributed by atoms with Gasteiger partial charge in [0.05, 0.1) is 5.76 Å². The van der Waals surface area contributed by atoms with Gasteiger partial charge in [-0.2, -0.15) is 0 Å². The summed E-state index contributed by atoms with van der Waals surface area (Å²) in [5.41, 5.74) is 0. The minimum Gasteiger partial charge on any atom is -0.548 e. The zero-order chi connectivity index (χ0) is 11.4. The summed E-state index contributed by atoms with van der Waals surface area (Å²) in [5.74, 6) is 2.46. The van der Waals surface area contributed by atoms with Gasteiger partial charge in [0.25, 0.3) is 0 Å². The van der Waals surface area contributed by atoms with Gasteiger partial charge in [0.1, 0.15) is 0 Å². The van der Waals surface area contributed by atoms with Gasteiger partial charge in [-0.25, -0.2) is 0 Å². The van der Waals surface area contributed by atoms with E-state index < -0.39 is 8.32 Å². The lowest BCUT2D eigenvalue weighted by Gasteiger charge is -2.23. The second-order valence-electron chi connectivity index (χ2n) is 5.69. The van der Waals surface area contributed by atoms with Crippen molar-refractivity contribution in [2.45, 2.75) is 53.8 Å². The van der Waals surface area contributed by atoms with E-state index in [-0.39, 0.29) is 0 Å². The minimum atomic E-state index is -1.42. The Balaban J connectivity index is 4.41. The van der Waals surface area contributed by atoms with Gasteiger partial charge in [0.15, 0.2) is 0 Å². The van der Waals surface area contributed by atoms with E-state index in [4.69, 9.17) is 4.43 Å². The Morgan fingerprint density at radius 3 is 1.93 bits per heavy atom. The second-order valence-corrected chi connectivity index (χ2v) is 10.1. The normalized spacial score (nSPS) is 13.9. The maximum atomic E-state index is 6.06. The maximum Gasteiger partial charge on any atom is 0.241 e. The minimum absolute atomic E-state index is 0.583. The molecule has 14 heavy (non-hydrogen) atoms. The first-order valence-corrected chi connectivity index (χ1v) is 9.01. The van der Waals surface area contributed by atoms with E-state index in [0.29, 0.717) is 11.8 Å². The van der Waals surface area contributed by atoms with Crippen LogP contribution in [0.15, 0.2) is 11.8 Å². The Labute approximate surface area is 90.7 Å². The molecule has 1 nitrogen and oxygen atoms in total. The quantitative estimate of drug-likeness (QED) is 0.486. The van der Waals surface area contributed by atoms with Crippen LogP contribution in [-0.4, -0.2) is 8.32 Å². The van der Waals surface area contributed by atoms with Crippen LogP contribution in [0, 0.1) is 11.8 Å². The van der Waals surface area contributed by atoms with Crippen molar-refractivity contribution in [3.05, 3.63) is 11.8 Å². The third-order valence-electron chi connectivity index (χ3n) is 1.57. The van der Waals surface area contributed by atoms with Crippen molar-refractivity contribution < 1.29 is 4.43 Å². The van der Waals surface area contributed by atoms with Crippen molar-refractivity contribution in [3.8, 4) is 0 Å². The summed E-state index contributed by atoms with van der Waals surface area (Å²) >= 11 is 0. The van der Waals surface area contributed by atoms with Crippen molar-refractivity contribution in [1.82, 2.24) is 0 Å². The van der Waals surface area contributed by atoms with E-state index >= 15 is 0 Å². The average Bonchev–Trinajstić information content (AvgIpc) is 1.77. The summed E-state index contributed by atoms with van der Waals surface area (Å²) in [7, 11) is -1.42. The number of allylic oxidation sites excluding steroid dienone is 2. The summed E-state index contributed by atoms with van der Waals surface area (Å²) < 4.78 is 6.06. The van der Waals surface area contributed by atoms with Crippen molar-refractivity contribution in [2.24, 2.45) is 11.8 Å². The van der Waals surface area contributed by atoms with Gasteiger partial charge in [0.2, 0.25) is 8.32 Å². The molecule has 0 unspecified atom stereocenters. The summed E-state index contributed by atoms with van der Waals surface area (Å²) in [6.07, 6.45) is 3.33. The molecule has 0 amide bonds. The molecule has 0 saturated carbocycles. The molecule has 0 aromatic heterocycles. The van der Waals surface area contributed by atoms with Crippen LogP contribution in [0.2, 0.25) is 19.6 Å². The van der Waals surface area contributed by atoms with Gasteiger partial charge in [0, 0.05) is 6.42 Å². The molecule has 0 N–H and O–H groups in total. The van der Waals surface area contributed by atoms with E-state index in [1.807, 2.05) is 0 Å². The van der Waals surface area contributed by atoms with Crippen molar-refractivity contribution in [1.29, 1.82) is 0 Å². The van der Waals surface area contributed by atoms with Gasteiger partial charge in [-0.15, -0.1) is 0 Å². The van der Waals surface area contributed by atoms with Gasteiger partial charge in [-0.05, 0) is 37.6 Å². The summed E-state index contributed by atoms with van der Waals surface area (Å²) in [6.45, 7) is 15.6. The first-order chi connectivity index (χ1) is 6.20. The van der Waals surface area contributed by atoms with Crippen LogP contribution in [0.5, 0.6) is 0 Å². The standard InChI is InChI=1S/C12H26OSi/c1-10(2)8-12(9-11(3)4)13-14(5,6)7/h8,10-11H,9H2,1-7H3. The largest absolute Gasteiger partial charge is 0.548 e. The van der Waals surface area contributed by atoms with Crippen LogP contribution in [0.4, 0.5) is 0 Å².